The Morgan fingerprint density at radius 1 is 0.600 bits per heavy atom. The van der Waals surface area contributed by atoms with E-state index in [-0.39, 0.29) is 57.1 Å². The van der Waals surface area contributed by atoms with Crippen molar-refractivity contribution in [2.45, 2.75) is 0 Å². The lowest BCUT2D eigenvalue weighted by atomic mass is 10.0. The summed E-state index contributed by atoms with van der Waals surface area (Å²) in [5, 5.41) is 30.7. The molecule has 2 rings (SSSR count). The van der Waals surface area contributed by atoms with Gasteiger partial charge in [0.05, 0.1) is 11.1 Å². The Hall–Kier alpha value is -3.88. The van der Waals surface area contributed by atoms with Crippen molar-refractivity contribution in [3.63, 3.8) is 0 Å². The Labute approximate surface area is 143 Å². The molecule has 2 aromatic carbocycles. The van der Waals surface area contributed by atoms with E-state index >= 15 is 0 Å². The highest BCUT2D eigenvalue weighted by molar-refractivity contribution is 6.11. The second-order valence-corrected chi connectivity index (χ2v) is 5.11. The highest BCUT2D eigenvalue weighted by atomic mass is 16.5. The van der Waals surface area contributed by atoms with E-state index in [0.717, 1.165) is 0 Å². The van der Waals surface area contributed by atoms with E-state index in [1.807, 2.05) is 0 Å². The molecule has 0 fully saturated rings. The number of hydrogen-bond donors (Lipinski definition) is 8. The minimum Gasteiger partial charge on any atom is -0.456 e. The molecule has 128 valence electrons. The van der Waals surface area contributed by atoms with Crippen molar-refractivity contribution in [2.24, 2.45) is 22.9 Å². The smallest absolute Gasteiger partial charge is 0.139 e. The number of ether oxygens (including phenoxy) is 1. The molecule has 25 heavy (non-hydrogen) atoms. The zero-order valence-corrected chi connectivity index (χ0v) is 13.2. The molecule has 0 amide bonds. The van der Waals surface area contributed by atoms with Gasteiger partial charge in [0, 0.05) is 11.1 Å². The largest absolute Gasteiger partial charge is 0.456 e. The summed E-state index contributed by atoms with van der Waals surface area (Å²) >= 11 is 0. The van der Waals surface area contributed by atoms with Crippen LogP contribution in [-0.4, -0.2) is 23.3 Å². The van der Waals surface area contributed by atoms with Gasteiger partial charge in [0.25, 0.3) is 0 Å². The van der Waals surface area contributed by atoms with Gasteiger partial charge >= 0.3 is 0 Å². The monoisotopic (exact) mass is 338 g/mol. The lowest BCUT2D eigenvalue weighted by Gasteiger charge is -2.17. The summed E-state index contributed by atoms with van der Waals surface area (Å²) in [6.07, 6.45) is 0. The number of amidine groups is 4. The van der Waals surface area contributed by atoms with Crippen LogP contribution in [0.1, 0.15) is 22.3 Å². The molecule has 0 aliphatic heterocycles. The molecule has 0 unspecified atom stereocenters. The van der Waals surface area contributed by atoms with E-state index in [4.69, 9.17) is 49.3 Å². The number of nitrogens with one attached hydrogen (secondary N) is 4. The first-order valence-corrected chi connectivity index (χ1v) is 7.05. The van der Waals surface area contributed by atoms with E-state index < -0.39 is 0 Å². The third-order valence-electron chi connectivity index (χ3n) is 3.39. The van der Waals surface area contributed by atoms with E-state index in [1.54, 1.807) is 36.4 Å². The summed E-state index contributed by atoms with van der Waals surface area (Å²) in [6.45, 7) is 0. The van der Waals surface area contributed by atoms with Crippen molar-refractivity contribution in [3.8, 4) is 11.5 Å². The van der Waals surface area contributed by atoms with Crippen LogP contribution in [0.5, 0.6) is 11.5 Å². The summed E-state index contributed by atoms with van der Waals surface area (Å²) in [5.41, 5.74) is 23.1. The molecule has 0 spiro atoms. The molecule has 0 bridgehead atoms. The van der Waals surface area contributed by atoms with Gasteiger partial charge in [-0.05, 0) is 12.1 Å². The van der Waals surface area contributed by atoms with Crippen molar-refractivity contribution >= 4 is 23.3 Å². The Balaban J connectivity index is 2.66. The number of rotatable bonds is 6. The zero-order chi connectivity index (χ0) is 18.7. The standard InChI is InChI=1S/C16H18N8O/c17-13(18)7-3-1-5-9(11(7)15(21)22)25-10-6-2-4-8(14(19)20)12(10)16(23)24/h1-6H,(H3,17,18)(H3,19,20)(H3,21,22)(H3,23,24). The van der Waals surface area contributed by atoms with Gasteiger partial charge in [0.2, 0.25) is 0 Å². The van der Waals surface area contributed by atoms with E-state index in [1.165, 1.54) is 0 Å². The molecule has 12 N–H and O–H groups in total. The molecule has 9 nitrogen and oxygen atoms in total. The second-order valence-electron chi connectivity index (χ2n) is 5.11. The first-order valence-electron chi connectivity index (χ1n) is 7.05. The summed E-state index contributed by atoms with van der Waals surface area (Å²) < 4.78 is 5.80. The Morgan fingerprint density at radius 3 is 1.24 bits per heavy atom. The average molecular weight is 338 g/mol. The summed E-state index contributed by atoms with van der Waals surface area (Å²) in [5.74, 6) is -0.840. The van der Waals surface area contributed by atoms with Crippen LogP contribution in [0.3, 0.4) is 0 Å². The van der Waals surface area contributed by atoms with Crippen LogP contribution in [0.4, 0.5) is 0 Å². The molecule has 0 aliphatic carbocycles. The van der Waals surface area contributed by atoms with Gasteiger partial charge < -0.3 is 27.7 Å². The molecule has 0 aliphatic rings. The van der Waals surface area contributed by atoms with Crippen molar-refractivity contribution in [3.05, 3.63) is 58.7 Å². The minimum absolute atomic E-state index is 0.151. The first-order chi connectivity index (χ1) is 11.7. The molecule has 0 saturated heterocycles. The molecule has 0 saturated carbocycles. The average Bonchev–Trinajstić information content (AvgIpc) is 2.53. The predicted octanol–water partition coefficient (Wildman–Crippen LogP) is 0.615. The van der Waals surface area contributed by atoms with Crippen LogP contribution >= 0.6 is 0 Å². The van der Waals surface area contributed by atoms with Crippen LogP contribution in [0.2, 0.25) is 0 Å². The lowest BCUT2D eigenvalue weighted by Crippen LogP contribution is -2.23. The molecule has 9 heteroatoms. The molecule has 0 heterocycles. The zero-order valence-electron chi connectivity index (χ0n) is 13.2. The van der Waals surface area contributed by atoms with E-state index in [9.17, 15) is 0 Å². The second kappa shape index (κ2) is 6.71. The molecule has 2 aromatic rings. The maximum Gasteiger partial charge on any atom is 0.139 e. The SMILES string of the molecule is N=C(N)c1cccc(Oc2cccc(C(=N)N)c2C(=N)N)c1C(=N)N. The van der Waals surface area contributed by atoms with Gasteiger partial charge in [-0.3, -0.25) is 21.6 Å². The quantitative estimate of drug-likeness (QED) is 0.280. The van der Waals surface area contributed by atoms with Crippen LogP contribution in [-0.2, 0) is 0 Å². The minimum atomic E-state index is -0.326. The Morgan fingerprint density at radius 2 is 0.960 bits per heavy atom. The van der Waals surface area contributed by atoms with Crippen LogP contribution < -0.4 is 27.7 Å². The van der Waals surface area contributed by atoms with Gasteiger partial charge in [0.15, 0.2) is 0 Å². The van der Waals surface area contributed by atoms with Gasteiger partial charge in [-0.25, -0.2) is 0 Å². The number of benzene rings is 2. The van der Waals surface area contributed by atoms with Crippen LogP contribution in [0, 0.1) is 21.6 Å². The summed E-state index contributed by atoms with van der Waals surface area (Å²) in [4.78, 5) is 0. The fraction of sp³-hybridized carbons (Fsp3) is 0. The van der Waals surface area contributed by atoms with Crippen molar-refractivity contribution in [1.82, 2.24) is 0 Å². The summed E-state index contributed by atoms with van der Waals surface area (Å²) in [7, 11) is 0. The maximum atomic E-state index is 7.75. The Bertz CT molecular complexity index is 830. The van der Waals surface area contributed by atoms with Crippen molar-refractivity contribution < 1.29 is 4.74 Å². The molecule has 0 radical (unpaired) electrons. The van der Waals surface area contributed by atoms with Gasteiger partial charge in [-0.15, -0.1) is 0 Å². The molecule has 0 aromatic heterocycles. The normalized spacial score (nSPS) is 10.1. The van der Waals surface area contributed by atoms with Gasteiger partial charge in [-0.2, -0.15) is 0 Å². The number of hydrogen-bond acceptors (Lipinski definition) is 5. The third kappa shape index (κ3) is 3.39. The fourth-order valence-corrected chi connectivity index (χ4v) is 2.36. The van der Waals surface area contributed by atoms with Gasteiger partial charge in [0.1, 0.15) is 34.8 Å². The molecular formula is C16H18N8O. The summed E-state index contributed by atoms with van der Waals surface area (Å²) in [6, 6.07) is 9.39. The van der Waals surface area contributed by atoms with Gasteiger partial charge in [-0.1, -0.05) is 24.3 Å². The predicted molar refractivity (Wildman–Crippen MR) is 97.0 cm³/mol. The molecular weight excluding hydrogens is 320 g/mol. The fourth-order valence-electron chi connectivity index (χ4n) is 2.36. The van der Waals surface area contributed by atoms with Crippen LogP contribution in [0.15, 0.2) is 36.4 Å². The van der Waals surface area contributed by atoms with Crippen molar-refractivity contribution in [1.29, 1.82) is 21.6 Å². The molecule has 0 atom stereocenters. The lowest BCUT2D eigenvalue weighted by molar-refractivity contribution is 0.480. The van der Waals surface area contributed by atoms with E-state index in [2.05, 4.69) is 0 Å². The van der Waals surface area contributed by atoms with Crippen LogP contribution in [0.25, 0.3) is 0 Å². The van der Waals surface area contributed by atoms with Crippen molar-refractivity contribution in [2.75, 3.05) is 0 Å². The highest BCUT2D eigenvalue weighted by Crippen LogP contribution is 2.31. The number of nitrogens with two attached hydrogens (primary N) is 4. The highest BCUT2D eigenvalue weighted by Gasteiger charge is 2.19. The first kappa shape index (κ1) is 17.5. The number of nitrogen functional groups attached to an aromatic ring is 4. The maximum absolute atomic E-state index is 7.75. The third-order valence-corrected chi connectivity index (χ3v) is 3.39. The topological polar surface area (TPSA) is 209 Å². The Kier molecular flexibility index (Phi) is 4.69. The van der Waals surface area contributed by atoms with E-state index in [0.29, 0.717) is 0 Å².